The number of nitrogens with one attached hydrogen (secondary N) is 1. The Labute approximate surface area is 170 Å². The van der Waals surface area contributed by atoms with Crippen molar-refractivity contribution in [1.29, 1.82) is 0 Å². The summed E-state index contributed by atoms with van der Waals surface area (Å²) in [6, 6.07) is 13.4. The molecule has 1 aliphatic rings. The number of aromatic nitrogens is 3. The first-order chi connectivity index (χ1) is 14.0. The minimum absolute atomic E-state index is 0.0903. The molecule has 4 aromatic rings. The molecule has 1 N–H and O–H groups in total. The first kappa shape index (κ1) is 18.1. The topological polar surface area (TPSA) is 52.0 Å². The zero-order valence-corrected chi connectivity index (χ0v) is 17.1. The van der Waals surface area contributed by atoms with Crippen LogP contribution in [-0.2, 0) is 11.8 Å². The minimum atomic E-state index is -0.0903. The summed E-state index contributed by atoms with van der Waals surface area (Å²) in [6.07, 6.45) is 7.61. The highest BCUT2D eigenvalue weighted by molar-refractivity contribution is 5.97. The van der Waals surface area contributed by atoms with E-state index >= 15 is 0 Å². The van der Waals surface area contributed by atoms with E-state index in [2.05, 4.69) is 83.3 Å². The van der Waals surface area contributed by atoms with Crippen LogP contribution >= 0.6 is 0 Å². The highest BCUT2D eigenvalue weighted by atomic mass is 16.5. The quantitative estimate of drug-likeness (QED) is 0.528. The molecule has 5 rings (SSSR count). The van der Waals surface area contributed by atoms with Gasteiger partial charge < -0.3 is 14.6 Å². The van der Waals surface area contributed by atoms with E-state index in [9.17, 15) is 0 Å². The summed E-state index contributed by atoms with van der Waals surface area (Å²) in [7, 11) is 2.08. The maximum atomic E-state index is 5.88. The molecule has 2 aromatic heterocycles. The smallest absolute Gasteiger partial charge is 0.0966 e. The van der Waals surface area contributed by atoms with Gasteiger partial charge in [0.2, 0.25) is 0 Å². The fraction of sp³-hybridized carbons (Fsp3) is 0.333. The maximum absolute atomic E-state index is 5.88. The van der Waals surface area contributed by atoms with Gasteiger partial charge in [-0.3, -0.25) is 9.97 Å². The van der Waals surface area contributed by atoms with Crippen LogP contribution in [0.2, 0.25) is 0 Å². The highest BCUT2D eigenvalue weighted by Gasteiger charge is 2.28. The van der Waals surface area contributed by atoms with Crippen LogP contribution in [0.3, 0.4) is 0 Å². The average molecular weight is 386 g/mol. The Bertz CT molecular complexity index is 1190. The van der Waals surface area contributed by atoms with Gasteiger partial charge in [-0.15, -0.1) is 0 Å². The summed E-state index contributed by atoms with van der Waals surface area (Å²) in [6.45, 7) is 5.11. The van der Waals surface area contributed by atoms with Crippen molar-refractivity contribution < 1.29 is 4.74 Å². The Morgan fingerprint density at radius 1 is 1.10 bits per heavy atom. The van der Waals surface area contributed by atoms with Crippen LogP contribution in [0, 0.1) is 0 Å². The highest BCUT2D eigenvalue weighted by Crippen LogP contribution is 2.33. The number of aryl methyl sites for hydroxylation is 1. The van der Waals surface area contributed by atoms with Gasteiger partial charge in [0.1, 0.15) is 0 Å². The van der Waals surface area contributed by atoms with E-state index in [1.165, 1.54) is 10.9 Å². The summed E-state index contributed by atoms with van der Waals surface area (Å²) < 4.78 is 8.03. The molecular weight excluding hydrogens is 360 g/mol. The first-order valence-corrected chi connectivity index (χ1v) is 10.2. The van der Waals surface area contributed by atoms with Crippen molar-refractivity contribution in [3.8, 4) is 11.1 Å². The molecule has 5 heteroatoms. The molecule has 1 unspecified atom stereocenters. The third kappa shape index (κ3) is 3.47. The van der Waals surface area contributed by atoms with Gasteiger partial charge in [0.25, 0.3) is 0 Å². The number of rotatable bonds is 3. The summed E-state index contributed by atoms with van der Waals surface area (Å²) in [5, 5.41) is 4.97. The summed E-state index contributed by atoms with van der Waals surface area (Å²) in [5.74, 6) is 0. The molecule has 2 aromatic carbocycles. The number of anilines is 1. The van der Waals surface area contributed by atoms with Gasteiger partial charge in [0.15, 0.2) is 0 Å². The largest absolute Gasteiger partial charge is 0.382 e. The number of ether oxygens (including phenoxy) is 1. The molecule has 148 valence electrons. The van der Waals surface area contributed by atoms with Gasteiger partial charge in [0, 0.05) is 55.1 Å². The third-order valence-electron chi connectivity index (χ3n) is 5.84. The van der Waals surface area contributed by atoms with E-state index in [0.29, 0.717) is 6.04 Å². The van der Waals surface area contributed by atoms with Crippen LogP contribution in [0.25, 0.3) is 33.1 Å². The molecule has 5 nitrogen and oxygen atoms in total. The Kier molecular flexibility index (Phi) is 4.28. The van der Waals surface area contributed by atoms with Crippen molar-refractivity contribution in [2.24, 2.45) is 7.05 Å². The normalized spacial score (nSPS) is 18.9. The summed E-state index contributed by atoms with van der Waals surface area (Å²) in [4.78, 5) is 9.23. The zero-order chi connectivity index (χ0) is 20.0. The van der Waals surface area contributed by atoms with Gasteiger partial charge in [0.05, 0.1) is 16.6 Å². The number of nitrogens with zero attached hydrogens (tertiary/aromatic N) is 3. The van der Waals surface area contributed by atoms with Crippen molar-refractivity contribution in [1.82, 2.24) is 14.5 Å². The van der Waals surface area contributed by atoms with Crippen molar-refractivity contribution in [2.45, 2.75) is 38.3 Å². The molecule has 0 saturated carbocycles. The van der Waals surface area contributed by atoms with Crippen molar-refractivity contribution in [3.63, 3.8) is 0 Å². The standard InChI is InChI=1S/C24H26N4O/c1-24(2)15-18(7-11-29-24)27-19-13-20(23-21(14-19)25-8-9-26-23)17-5-4-16-6-10-28(3)22(16)12-17/h4-6,8-10,12-14,18,27H,7,11,15H2,1-3H3. The number of hydrogen-bond acceptors (Lipinski definition) is 4. The summed E-state index contributed by atoms with van der Waals surface area (Å²) >= 11 is 0. The van der Waals surface area contributed by atoms with E-state index in [1.807, 2.05) is 0 Å². The molecule has 0 amide bonds. The second-order valence-corrected chi connectivity index (χ2v) is 8.59. The minimum Gasteiger partial charge on any atom is -0.382 e. The van der Waals surface area contributed by atoms with Crippen molar-refractivity contribution in [3.05, 3.63) is 55.0 Å². The Hall–Kier alpha value is -2.92. The molecule has 0 bridgehead atoms. The molecule has 1 atom stereocenters. The second kappa shape index (κ2) is 6.85. The Balaban J connectivity index is 1.59. The Morgan fingerprint density at radius 2 is 1.97 bits per heavy atom. The lowest BCUT2D eigenvalue weighted by Gasteiger charge is -2.36. The van der Waals surface area contributed by atoms with E-state index in [1.54, 1.807) is 12.4 Å². The molecule has 1 fully saturated rings. The lowest BCUT2D eigenvalue weighted by Crippen LogP contribution is -2.40. The first-order valence-electron chi connectivity index (χ1n) is 10.2. The molecule has 29 heavy (non-hydrogen) atoms. The van der Waals surface area contributed by atoms with Crippen molar-refractivity contribution in [2.75, 3.05) is 11.9 Å². The predicted molar refractivity (Wildman–Crippen MR) is 118 cm³/mol. The third-order valence-corrected chi connectivity index (χ3v) is 5.84. The van der Waals surface area contributed by atoms with Gasteiger partial charge in [-0.2, -0.15) is 0 Å². The lowest BCUT2D eigenvalue weighted by atomic mass is 9.93. The second-order valence-electron chi connectivity index (χ2n) is 8.59. The summed E-state index contributed by atoms with van der Waals surface area (Å²) in [5.41, 5.74) is 6.30. The van der Waals surface area contributed by atoms with Gasteiger partial charge >= 0.3 is 0 Å². The van der Waals surface area contributed by atoms with Crippen LogP contribution in [0.15, 0.2) is 55.0 Å². The van der Waals surface area contributed by atoms with Gasteiger partial charge in [-0.05, 0) is 61.9 Å². The van der Waals surface area contributed by atoms with E-state index in [-0.39, 0.29) is 5.60 Å². The van der Waals surface area contributed by atoms with Crippen LogP contribution in [0.1, 0.15) is 26.7 Å². The zero-order valence-electron chi connectivity index (χ0n) is 17.1. The van der Waals surface area contributed by atoms with Gasteiger partial charge in [-0.25, -0.2) is 0 Å². The van der Waals surface area contributed by atoms with Crippen molar-refractivity contribution >= 4 is 27.6 Å². The van der Waals surface area contributed by atoms with Crippen LogP contribution < -0.4 is 5.32 Å². The van der Waals surface area contributed by atoms with Crippen LogP contribution in [-0.4, -0.2) is 32.8 Å². The van der Waals surface area contributed by atoms with E-state index in [0.717, 1.165) is 47.3 Å². The molecule has 0 aliphatic carbocycles. The van der Waals surface area contributed by atoms with Gasteiger partial charge in [-0.1, -0.05) is 12.1 Å². The van der Waals surface area contributed by atoms with E-state index in [4.69, 9.17) is 4.74 Å². The molecule has 0 radical (unpaired) electrons. The fourth-order valence-electron chi connectivity index (χ4n) is 4.40. The molecule has 3 heterocycles. The average Bonchev–Trinajstić information content (AvgIpc) is 3.07. The number of hydrogen-bond donors (Lipinski definition) is 1. The maximum Gasteiger partial charge on any atom is 0.0966 e. The monoisotopic (exact) mass is 386 g/mol. The number of fused-ring (bicyclic) bond motifs is 2. The number of benzene rings is 2. The Morgan fingerprint density at radius 3 is 2.83 bits per heavy atom. The SMILES string of the molecule is Cn1ccc2ccc(-c3cc(NC4CCOC(C)(C)C4)cc4nccnc34)cc21. The predicted octanol–water partition coefficient (Wildman–Crippen LogP) is 5.16. The van der Waals surface area contributed by atoms with Crippen LogP contribution in [0.4, 0.5) is 5.69 Å². The molecule has 1 saturated heterocycles. The lowest BCUT2D eigenvalue weighted by molar-refractivity contribution is -0.0553. The van der Waals surface area contributed by atoms with Crippen LogP contribution in [0.5, 0.6) is 0 Å². The molecular formula is C24H26N4O. The van der Waals surface area contributed by atoms with E-state index < -0.39 is 0 Å². The fourth-order valence-corrected chi connectivity index (χ4v) is 4.40. The molecule has 1 aliphatic heterocycles. The molecule has 0 spiro atoms.